The Labute approximate surface area is 165 Å². The lowest BCUT2D eigenvalue weighted by molar-refractivity contribution is 0.270. The first-order valence-electron chi connectivity index (χ1n) is 8.27. The molecule has 1 saturated heterocycles. The normalized spacial score (nSPS) is 18.3. The molecule has 130 valence electrons. The largest absolute Gasteiger partial charge is 0.370 e. The maximum absolute atomic E-state index is 6.13. The average molecular weight is 456 g/mol. The van der Waals surface area contributed by atoms with Gasteiger partial charge in [-0.05, 0) is 18.8 Å². The number of benzene rings is 1. The second-order valence-electron chi connectivity index (χ2n) is 6.19. The molecule has 1 atom stereocenters. The van der Waals surface area contributed by atoms with Crippen molar-refractivity contribution in [2.24, 2.45) is 16.6 Å². The minimum absolute atomic E-state index is 0. The predicted molar refractivity (Wildman–Crippen MR) is 113 cm³/mol. The van der Waals surface area contributed by atoms with Crippen LogP contribution in [0.2, 0.25) is 0 Å². The summed E-state index contributed by atoms with van der Waals surface area (Å²) in [5, 5.41) is 3.19. The second kappa shape index (κ2) is 9.36. The molecule has 0 amide bonds. The zero-order chi connectivity index (χ0) is 16.1. The number of guanidine groups is 1. The molecule has 0 aliphatic carbocycles. The Kier molecular flexibility index (Phi) is 7.48. The van der Waals surface area contributed by atoms with Gasteiger partial charge in [-0.1, -0.05) is 37.3 Å². The zero-order valence-electron chi connectivity index (χ0n) is 14.0. The molecule has 0 radical (unpaired) electrons. The molecule has 0 saturated carbocycles. The summed E-state index contributed by atoms with van der Waals surface area (Å²) < 4.78 is 0. The number of nitrogens with zero attached hydrogens (tertiary/aromatic N) is 3. The van der Waals surface area contributed by atoms with Gasteiger partial charge in [-0.3, -0.25) is 4.99 Å². The first kappa shape index (κ1) is 19.2. The first-order valence-corrected chi connectivity index (χ1v) is 9.15. The summed E-state index contributed by atoms with van der Waals surface area (Å²) in [7, 11) is 0. The van der Waals surface area contributed by atoms with Crippen LogP contribution in [-0.4, -0.2) is 35.5 Å². The van der Waals surface area contributed by atoms with E-state index in [1.165, 1.54) is 18.4 Å². The third-order valence-corrected chi connectivity index (χ3v) is 5.14. The lowest BCUT2D eigenvalue weighted by Crippen LogP contribution is -2.43. The fraction of sp³-hybridized carbons (Fsp3) is 0.444. The van der Waals surface area contributed by atoms with E-state index >= 15 is 0 Å². The van der Waals surface area contributed by atoms with Crippen molar-refractivity contribution in [3.05, 3.63) is 41.4 Å². The Bertz CT molecular complexity index is 656. The quantitative estimate of drug-likeness (QED) is 0.430. The Morgan fingerprint density at radius 2 is 2.17 bits per heavy atom. The van der Waals surface area contributed by atoms with Gasteiger partial charge in [0.05, 0.1) is 5.69 Å². The van der Waals surface area contributed by atoms with Gasteiger partial charge in [-0.25, -0.2) is 4.98 Å². The van der Waals surface area contributed by atoms with Crippen LogP contribution < -0.4 is 5.73 Å². The number of thiazole rings is 1. The van der Waals surface area contributed by atoms with E-state index in [1.54, 1.807) is 11.3 Å². The Balaban J connectivity index is 0.00000208. The maximum atomic E-state index is 6.13. The summed E-state index contributed by atoms with van der Waals surface area (Å²) in [6.45, 7) is 5.05. The van der Waals surface area contributed by atoms with Gasteiger partial charge in [-0.2, -0.15) is 0 Å². The molecule has 1 aliphatic heterocycles. The molecule has 0 spiro atoms. The van der Waals surface area contributed by atoms with E-state index in [2.05, 4.69) is 34.3 Å². The number of rotatable bonds is 4. The first-order chi connectivity index (χ1) is 11.2. The van der Waals surface area contributed by atoms with Crippen LogP contribution >= 0.6 is 35.3 Å². The van der Waals surface area contributed by atoms with Crippen LogP contribution in [0.15, 0.2) is 40.7 Å². The molecule has 1 fully saturated rings. The van der Waals surface area contributed by atoms with E-state index in [9.17, 15) is 0 Å². The van der Waals surface area contributed by atoms with Crippen molar-refractivity contribution in [3.8, 4) is 10.6 Å². The second-order valence-corrected chi connectivity index (χ2v) is 7.05. The minimum atomic E-state index is 0. The van der Waals surface area contributed by atoms with Crippen LogP contribution in [0.4, 0.5) is 0 Å². The Morgan fingerprint density at radius 3 is 2.92 bits per heavy atom. The molecular formula is C18H25IN4S. The minimum Gasteiger partial charge on any atom is -0.370 e. The van der Waals surface area contributed by atoms with Gasteiger partial charge in [-0.15, -0.1) is 35.3 Å². The van der Waals surface area contributed by atoms with Crippen molar-refractivity contribution in [1.82, 2.24) is 9.88 Å². The van der Waals surface area contributed by atoms with Crippen LogP contribution in [0.25, 0.3) is 10.6 Å². The molecular weight excluding hydrogens is 431 g/mol. The average Bonchev–Trinajstić information content (AvgIpc) is 3.04. The highest BCUT2D eigenvalue weighted by atomic mass is 127. The van der Waals surface area contributed by atoms with Gasteiger partial charge < -0.3 is 10.6 Å². The number of nitrogens with two attached hydrogens (primary N) is 1. The van der Waals surface area contributed by atoms with Crippen molar-refractivity contribution in [2.45, 2.75) is 26.2 Å². The summed E-state index contributed by atoms with van der Waals surface area (Å²) in [6.07, 6.45) is 3.35. The Morgan fingerprint density at radius 1 is 1.38 bits per heavy atom. The van der Waals surface area contributed by atoms with Crippen LogP contribution in [0, 0.1) is 5.92 Å². The molecule has 1 aromatic heterocycles. The van der Waals surface area contributed by atoms with Crippen molar-refractivity contribution >= 4 is 41.3 Å². The summed E-state index contributed by atoms with van der Waals surface area (Å²) in [5.74, 6) is 1.40. The van der Waals surface area contributed by atoms with E-state index in [1.807, 2.05) is 18.2 Å². The molecule has 1 unspecified atom stereocenters. The topological polar surface area (TPSA) is 54.5 Å². The van der Waals surface area contributed by atoms with Gasteiger partial charge in [0.1, 0.15) is 5.01 Å². The maximum Gasteiger partial charge on any atom is 0.191 e. The van der Waals surface area contributed by atoms with E-state index in [-0.39, 0.29) is 24.0 Å². The van der Waals surface area contributed by atoms with Gasteiger partial charge >= 0.3 is 0 Å². The fourth-order valence-electron chi connectivity index (χ4n) is 2.92. The number of likely N-dealkylation sites (tertiary alicyclic amines) is 1. The predicted octanol–water partition coefficient (Wildman–Crippen LogP) is 4.02. The standard InChI is InChI=1S/C18H24N4S.HI/c1-14-6-5-11-22(12-14)18(19)20-10-9-16-13-23-17(21-16)15-7-3-2-4-8-15;/h2-4,7-8,13-14H,5-6,9-12H2,1H3,(H2,19,20);1H. The summed E-state index contributed by atoms with van der Waals surface area (Å²) in [5.41, 5.74) is 8.40. The molecule has 2 heterocycles. The number of hydrogen-bond acceptors (Lipinski definition) is 3. The van der Waals surface area contributed by atoms with Crippen molar-refractivity contribution in [1.29, 1.82) is 0 Å². The third kappa shape index (κ3) is 5.17. The van der Waals surface area contributed by atoms with Crippen LogP contribution in [0.5, 0.6) is 0 Å². The highest BCUT2D eigenvalue weighted by molar-refractivity contribution is 14.0. The van der Waals surface area contributed by atoms with Gasteiger partial charge in [0.2, 0.25) is 0 Å². The number of aromatic nitrogens is 1. The summed E-state index contributed by atoms with van der Waals surface area (Å²) in [6, 6.07) is 10.3. The van der Waals surface area contributed by atoms with Crippen LogP contribution in [-0.2, 0) is 6.42 Å². The summed E-state index contributed by atoms with van der Waals surface area (Å²) >= 11 is 1.69. The SMILES string of the molecule is CC1CCCN(C(N)=NCCc2csc(-c3ccccc3)n2)C1.I. The third-order valence-electron chi connectivity index (χ3n) is 4.20. The van der Waals surface area contributed by atoms with E-state index in [0.717, 1.165) is 30.2 Å². The number of halogens is 1. The highest BCUT2D eigenvalue weighted by Gasteiger charge is 2.17. The zero-order valence-corrected chi connectivity index (χ0v) is 17.2. The molecule has 0 bridgehead atoms. The lowest BCUT2D eigenvalue weighted by atomic mass is 10.0. The van der Waals surface area contributed by atoms with Gasteiger partial charge in [0.25, 0.3) is 0 Å². The van der Waals surface area contributed by atoms with Crippen molar-refractivity contribution < 1.29 is 0 Å². The number of hydrogen-bond donors (Lipinski definition) is 1. The molecule has 3 rings (SSSR count). The molecule has 6 heteroatoms. The van der Waals surface area contributed by atoms with E-state index < -0.39 is 0 Å². The van der Waals surface area contributed by atoms with Gasteiger partial charge in [0, 0.05) is 37.0 Å². The monoisotopic (exact) mass is 456 g/mol. The molecule has 2 N–H and O–H groups in total. The molecule has 1 aliphatic rings. The van der Waals surface area contributed by atoms with Crippen LogP contribution in [0.3, 0.4) is 0 Å². The molecule has 4 nitrogen and oxygen atoms in total. The lowest BCUT2D eigenvalue weighted by Gasteiger charge is -2.31. The highest BCUT2D eigenvalue weighted by Crippen LogP contribution is 2.23. The Hall–Kier alpha value is -1.15. The fourth-order valence-corrected chi connectivity index (χ4v) is 3.78. The van der Waals surface area contributed by atoms with Gasteiger partial charge in [0.15, 0.2) is 5.96 Å². The molecule has 2 aromatic rings. The van der Waals surface area contributed by atoms with E-state index in [0.29, 0.717) is 18.4 Å². The van der Waals surface area contributed by atoms with Crippen molar-refractivity contribution in [3.63, 3.8) is 0 Å². The molecule has 24 heavy (non-hydrogen) atoms. The molecule has 1 aromatic carbocycles. The van der Waals surface area contributed by atoms with Crippen molar-refractivity contribution in [2.75, 3.05) is 19.6 Å². The van der Waals surface area contributed by atoms with E-state index in [4.69, 9.17) is 10.7 Å². The number of piperidine rings is 1. The number of aliphatic imine (C=N–C) groups is 1. The summed E-state index contributed by atoms with van der Waals surface area (Å²) in [4.78, 5) is 11.5. The smallest absolute Gasteiger partial charge is 0.191 e. The van der Waals surface area contributed by atoms with Crippen LogP contribution in [0.1, 0.15) is 25.5 Å².